The standard InChI is InChI=1S/C45H27N5/c46-24-26-19-27(37-25-47-37)21-28(20-26)48-38-16-4-3-11-31(38)36-22-42-43(23-41(36)48)50-40-18-6-2-10-30(40)33-13-8-15-35(45(33)50)34-14-7-12-32-29-9-1-5-17-39(29)49(42)44(32)34/h1-23,37,47H,25H2. The van der Waals surface area contributed by atoms with Gasteiger partial charge in [-0.25, -0.2) is 0 Å². The number of aromatic nitrogens is 3. The minimum Gasteiger partial charge on any atom is -0.309 e. The zero-order valence-electron chi connectivity index (χ0n) is 26.9. The molecule has 0 amide bonds. The molecule has 0 aliphatic carbocycles. The summed E-state index contributed by atoms with van der Waals surface area (Å²) in [6, 6.07) is 53.7. The Morgan fingerprint density at radius 1 is 0.480 bits per heavy atom. The Labute approximate surface area is 285 Å². The van der Waals surface area contributed by atoms with Crippen LogP contribution in [0, 0.1) is 11.3 Å². The zero-order valence-corrected chi connectivity index (χ0v) is 26.9. The highest BCUT2D eigenvalue weighted by molar-refractivity contribution is 6.26. The Hall–Kier alpha value is -6.61. The van der Waals surface area contributed by atoms with E-state index in [1.807, 2.05) is 12.1 Å². The molecule has 11 aromatic rings. The molecule has 1 unspecified atom stereocenters. The van der Waals surface area contributed by atoms with Gasteiger partial charge in [0.05, 0.1) is 55.8 Å². The first-order chi connectivity index (χ1) is 24.8. The Balaban J connectivity index is 1.41. The second-order valence-electron chi connectivity index (χ2n) is 13.7. The van der Waals surface area contributed by atoms with Crippen LogP contribution in [0.4, 0.5) is 0 Å². The molecule has 0 bridgehead atoms. The van der Waals surface area contributed by atoms with E-state index in [2.05, 4.69) is 152 Å². The lowest BCUT2D eigenvalue weighted by atomic mass is 10.0. The van der Waals surface area contributed by atoms with E-state index in [0.717, 1.165) is 39.9 Å². The van der Waals surface area contributed by atoms with Gasteiger partial charge in [0.2, 0.25) is 0 Å². The normalized spacial score (nSPS) is 14.8. The van der Waals surface area contributed by atoms with Crippen LogP contribution in [-0.4, -0.2) is 19.9 Å². The molecule has 7 aromatic carbocycles. The zero-order chi connectivity index (χ0) is 32.7. The van der Waals surface area contributed by atoms with Gasteiger partial charge in [-0.05, 0) is 54.1 Å². The van der Waals surface area contributed by atoms with Crippen molar-refractivity contribution in [3.8, 4) is 11.8 Å². The first-order valence-corrected chi connectivity index (χ1v) is 17.2. The summed E-state index contributed by atoms with van der Waals surface area (Å²) in [6.45, 7) is 0.936. The highest BCUT2D eigenvalue weighted by Crippen LogP contribution is 2.43. The van der Waals surface area contributed by atoms with Gasteiger partial charge in [0.15, 0.2) is 0 Å². The molecule has 5 heteroatoms. The van der Waals surface area contributed by atoms with Crippen LogP contribution in [0.15, 0.2) is 140 Å². The molecular formula is C45H27N5. The maximum atomic E-state index is 10.1. The van der Waals surface area contributed by atoms with Crippen LogP contribution in [0.1, 0.15) is 17.2 Å². The van der Waals surface area contributed by atoms with Crippen LogP contribution in [0.2, 0.25) is 0 Å². The molecule has 1 aliphatic rings. The highest BCUT2D eigenvalue weighted by Gasteiger charge is 2.25. The van der Waals surface area contributed by atoms with Crippen molar-refractivity contribution in [3.63, 3.8) is 0 Å². The number of nitriles is 1. The minimum atomic E-state index is 0.288. The molecule has 12 rings (SSSR count). The summed E-state index contributed by atoms with van der Waals surface area (Å²) < 4.78 is 7.37. The molecule has 1 N–H and O–H groups in total. The molecular weight excluding hydrogens is 611 g/mol. The van der Waals surface area contributed by atoms with Crippen LogP contribution in [0.25, 0.3) is 92.9 Å². The smallest absolute Gasteiger partial charge is 0.0992 e. The molecule has 4 aromatic heterocycles. The quantitative estimate of drug-likeness (QED) is 0.192. The predicted octanol–water partition coefficient (Wildman–Crippen LogP) is 10.6. The third-order valence-electron chi connectivity index (χ3n) is 11.1. The third-order valence-corrected chi connectivity index (χ3v) is 11.1. The lowest BCUT2D eigenvalue weighted by Crippen LogP contribution is -1.99. The van der Waals surface area contributed by atoms with Gasteiger partial charge in [-0.15, -0.1) is 0 Å². The number of benzene rings is 7. The molecule has 232 valence electrons. The Kier molecular flexibility index (Phi) is 4.90. The second kappa shape index (κ2) is 9.29. The van der Waals surface area contributed by atoms with Gasteiger partial charge < -0.3 is 18.7 Å². The summed E-state index contributed by atoms with van der Waals surface area (Å²) in [6.07, 6.45) is 0. The van der Waals surface area contributed by atoms with Crippen molar-refractivity contribution < 1.29 is 0 Å². The average molecular weight is 638 g/mol. The van der Waals surface area contributed by atoms with Crippen LogP contribution < -0.4 is 5.32 Å². The number of hydrogen-bond donors (Lipinski definition) is 1. The fourth-order valence-corrected chi connectivity index (χ4v) is 8.93. The van der Waals surface area contributed by atoms with E-state index < -0.39 is 0 Å². The molecule has 0 radical (unpaired) electrons. The van der Waals surface area contributed by atoms with Gasteiger partial charge in [-0.1, -0.05) is 91.0 Å². The Morgan fingerprint density at radius 3 is 1.56 bits per heavy atom. The molecule has 1 aliphatic heterocycles. The lowest BCUT2D eigenvalue weighted by molar-refractivity contribution is 1.06. The topological polar surface area (TPSA) is 59.5 Å². The van der Waals surface area contributed by atoms with Gasteiger partial charge >= 0.3 is 0 Å². The molecule has 50 heavy (non-hydrogen) atoms. The highest BCUT2D eigenvalue weighted by atomic mass is 15.1. The maximum absolute atomic E-state index is 10.1. The van der Waals surface area contributed by atoms with Crippen molar-refractivity contribution >= 4 is 87.2 Å². The molecule has 1 saturated heterocycles. The fourth-order valence-electron chi connectivity index (χ4n) is 8.93. The first kappa shape index (κ1) is 26.4. The van der Waals surface area contributed by atoms with Gasteiger partial charge in [0.25, 0.3) is 0 Å². The molecule has 5 heterocycles. The number of para-hydroxylation sites is 5. The summed E-state index contributed by atoms with van der Waals surface area (Å²) in [5, 5.41) is 23.4. The van der Waals surface area contributed by atoms with Crippen molar-refractivity contribution in [1.29, 1.82) is 5.26 Å². The van der Waals surface area contributed by atoms with Crippen molar-refractivity contribution in [2.45, 2.75) is 6.04 Å². The monoisotopic (exact) mass is 637 g/mol. The van der Waals surface area contributed by atoms with Crippen molar-refractivity contribution in [3.05, 3.63) is 151 Å². The molecule has 5 nitrogen and oxygen atoms in total. The van der Waals surface area contributed by atoms with E-state index >= 15 is 0 Å². The van der Waals surface area contributed by atoms with Crippen molar-refractivity contribution in [2.75, 3.05) is 6.54 Å². The van der Waals surface area contributed by atoms with Gasteiger partial charge in [-0.2, -0.15) is 5.26 Å². The maximum Gasteiger partial charge on any atom is 0.0992 e. The van der Waals surface area contributed by atoms with E-state index in [1.54, 1.807) is 0 Å². The molecule has 0 spiro atoms. The van der Waals surface area contributed by atoms with Gasteiger partial charge in [0, 0.05) is 61.4 Å². The summed E-state index contributed by atoms with van der Waals surface area (Å²) in [4.78, 5) is 0. The number of fused-ring (bicyclic) bond motifs is 13. The van der Waals surface area contributed by atoms with Crippen LogP contribution >= 0.6 is 0 Å². The molecule has 1 fully saturated rings. The largest absolute Gasteiger partial charge is 0.309 e. The Morgan fingerprint density at radius 2 is 0.980 bits per heavy atom. The Bertz CT molecular complexity index is 3340. The number of nitrogens with one attached hydrogen (secondary N) is 1. The summed E-state index contributed by atoms with van der Waals surface area (Å²) in [7, 11) is 0. The SMILES string of the molecule is N#Cc1cc(C2CN2)cc(-n2c3ccccc3c3cc4c(cc32)n2c3ccccc3c3cccc(c5cccc6c7ccccc7n4c65)c32)c1. The van der Waals surface area contributed by atoms with Crippen LogP contribution in [-0.2, 0) is 0 Å². The van der Waals surface area contributed by atoms with Gasteiger partial charge in [-0.3, -0.25) is 0 Å². The summed E-state index contributed by atoms with van der Waals surface area (Å²) in [5.41, 5.74) is 12.1. The van der Waals surface area contributed by atoms with Crippen LogP contribution in [0.5, 0.6) is 0 Å². The van der Waals surface area contributed by atoms with E-state index in [1.165, 1.54) is 65.2 Å². The van der Waals surface area contributed by atoms with E-state index in [9.17, 15) is 5.26 Å². The minimum absolute atomic E-state index is 0.288. The van der Waals surface area contributed by atoms with E-state index in [0.29, 0.717) is 5.56 Å². The molecule has 1 atom stereocenters. The second-order valence-corrected chi connectivity index (χ2v) is 13.7. The predicted molar refractivity (Wildman–Crippen MR) is 206 cm³/mol. The first-order valence-electron chi connectivity index (χ1n) is 17.2. The van der Waals surface area contributed by atoms with Crippen molar-refractivity contribution in [2.24, 2.45) is 0 Å². The van der Waals surface area contributed by atoms with Crippen molar-refractivity contribution in [1.82, 2.24) is 18.7 Å². The molecule has 0 saturated carbocycles. The fraction of sp³-hybridized carbons (Fsp3) is 0.0444. The summed E-state index contributed by atoms with van der Waals surface area (Å²) >= 11 is 0. The summed E-state index contributed by atoms with van der Waals surface area (Å²) in [5.74, 6) is 0. The number of nitrogens with zero attached hydrogens (tertiary/aromatic N) is 4. The third kappa shape index (κ3) is 3.28. The van der Waals surface area contributed by atoms with E-state index in [-0.39, 0.29) is 6.04 Å². The van der Waals surface area contributed by atoms with Crippen LogP contribution in [0.3, 0.4) is 0 Å². The van der Waals surface area contributed by atoms with Gasteiger partial charge in [0.1, 0.15) is 0 Å². The number of hydrogen-bond acceptors (Lipinski definition) is 2. The lowest BCUT2D eigenvalue weighted by Gasteiger charge is -2.13. The average Bonchev–Trinajstić information content (AvgIpc) is 3.80. The van der Waals surface area contributed by atoms with E-state index in [4.69, 9.17) is 0 Å². The number of rotatable bonds is 2.